The van der Waals surface area contributed by atoms with Crippen LogP contribution in [-0.4, -0.2) is 17.6 Å². The first-order chi connectivity index (χ1) is 7.86. The Bertz CT molecular complexity index is 478. The van der Waals surface area contributed by atoms with E-state index in [1.165, 1.54) is 12.1 Å². The molecule has 0 radical (unpaired) electrons. The zero-order chi connectivity index (χ0) is 13.1. The minimum absolute atomic E-state index is 0.155. The Hall–Kier alpha value is -2.09. The van der Waals surface area contributed by atoms with Gasteiger partial charge in [-0.2, -0.15) is 5.26 Å². The second-order valence-corrected chi connectivity index (χ2v) is 4.34. The number of carboxylic acid groups (broad SMARTS) is 1. The van der Waals surface area contributed by atoms with Crippen molar-refractivity contribution in [2.45, 2.75) is 13.8 Å². The largest absolute Gasteiger partial charge is 0.481 e. The van der Waals surface area contributed by atoms with Crippen molar-refractivity contribution in [1.29, 1.82) is 5.26 Å². The molecule has 90 valence electrons. The van der Waals surface area contributed by atoms with Gasteiger partial charge >= 0.3 is 5.97 Å². The molecule has 0 spiro atoms. The van der Waals surface area contributed by atoms with Gasteiger partial charge < -0.3 is 10.4 Å². The van der Waals surface area contributed by atoms with Crippen molar-refractivity contribution in [3.05, 3.63) is 29.6 Å². The van der Waals surface area contributed by atoms with Crippen LogP contribution in [0.4, 0.5) is 10.1 Å². The molecule has 0 aromatic heterocycles. The molecule has 2 N–H and O–H groups in total. The summed E-state index contributed by atoms with van der Waals surface area (Å²) in [6.45, 7) is 3.29. The van der Waals surface area contributed by atoms with E-state index in [2.05, 4.69) is 5.32 Å². The molecule has 1 aromatic carbocycles. The Morgan fingerprint density at radius 1 is 1.59 bits per heavy atom. The summed E-state index contributed by atoms with van der Waals surface area (Å²) >= 11 is 0. The van der Waals surface area contributed by atoms with Gasteiger partial charge in [-0.3, -0.25) is 4.79 Å². The van der Waals surface area contributed by atoms with Crippen molar-refractivity contribution >= 4 is 11.7 Å². The summed E-state index contributed by atoms with van der Waals surface area (Å²) in [5.74, 6) is -1.43. The Balaban J connectivity index is 2.84. The first-order valence-corrected chi connectivity index (χ1v) is 5.04. The lowest BCUT2D eigenvalue weighted by molar-refractivity contribution is -0.146. The molecular formula is C12H13FN2O2. The van der Waals surface area contributed by atoms with Gasteiger partial charge in [0.1, 0.15) is 11.9 Å². The topological polar surface area (TPSA) is 73.1 Å². The van der Waals surface area contributed by atoms with Gasteiger partial charge in [0.05, 0.1) is 16.7 Å². The van der Waals surface area contributed by atoms with Gasteiger partial charge in [0.2, 0.25) is 0 Å². The molecule has 0 saturated carbocycles. The van der Waals surface area contributed by atoms with Crippen LogP contribution in [0.5, 0.6) is 0 Å². The highest BCUT2D eigenvalue weighted by Crippen LogP contribution is 2.20. The Kier molecular flexibility index (Phi) is 3.69. The van der Waals surface area contributed by atoms with E-state index in [-0.39, 0.29) is 12.1 Å². The lowest BCUT2D eigenvalue weighted by atomic mass is 9.93. The number of halogens is 1. The minimum atomic E-state index is -0.957. The molecule has 0 saturated heterocycles. The smallest absolute Gasteiger partial charge is 0.310 e. The van der Waals surface area contributed by atoms with Gasteiger partial charge in [-0.15, -0.1) is 0 Å². The van der Waals surface area contributed by atoms with Gasteiger partial charge in [0.15, 0.2) is 0 Å². The third-order valence-electron chi connectivity index (χ3n) is 2.40. The Morgan fingerprint density at radius 3 is 2.76 bits per heavy atom. The summed E-state index contributed by atoms with van der Waals surface area (Å²) in [5.41, 5.74) is -0.365. The average Bonchev–Trinajstić information content (AvgIpc) is 2.27. The van der Waals surface area contributed by atoms with E-state index in [0.29, 0.717) is 5.69 Å². The fraction of sp³-hybridized carbons (Fsp3) is 0.333. The summed E-state index contributed by atoms with van der Waals surface area (Å²) in [6.07, 6.45) is 0. The number of nitriles is 1. The van der Waals surface area contributed by atoms with E-state index in [1.807, 2.05) is 6.07 Å². The lowest BCUT2D eigenvalue weighted by Crippen LogP contribution is -2.31. The summed E-state index contributed by atoms with van der Waals surface area (Å²) in [6, 6.07) is 5.60. The van der Waals surface area contributed by atoms with E-state index in [0.717, 1.165) is 6.07 Å². The van der Waals surface area contributed by atoms with Gasteiger partial charge in [-0.25, -0.2) is 4.39 Å². The van der Waals surface area contributed by atoms with E-state index < -0.39 is 17.2 Å². The van der Waals surface area contributed by atoms with Gasteiger partial charge in [0.25, 0.3) is 0 Å². The predicted octanol–water partition coefficient (Wildman–Crippen LogP) is 2.22. The van der Waals surface area contributed by atoms with Crippen LogP contribution >= 0.6 is 0 Å². The third-order valence-corrected chi connectivity index (χ3v) is 2.40. The van der Waals surface area contributed by atoms with Crippen molar-refractivity contribution in [3.8, 4) is 6.07 Å². The van der Waals surface area contributed by atoms with Gasteiger partial charge in [-0.1, -0.05) is 0 Å². The molecule has 0 fully saturated rings. The number of benzene rings is 1. The molecule has 1 aromatic rings. The van der Waals surface area contributed by atoms with E-state index >= 15 is 0 Å². The van der Waals surface area contributed by atoms with Crippen LogP contribution in [0.25, 0.3) is 0 Å². The molecule has 0 heterocycles. The van der Waals surface area contributed by atoms with E-state index in [4.69, 9.17) is 10.4 Å². The molecule has 0 amide bonds. The molecule has 1 rings (SSSR count). The molecule has 5 heteroatoms. The van der Waals surface area contributed by atoms with Crippen LogP contribution in [0.15, 0.2) is 18.2 Å². The van der Waals surface area contributed by atoms with Crippen molar-refractivity contribution in [2.24, 2.45) is 5.41 Å². The maximum Gasteiger partial charge on any atom is 0.310 e. The quantitative estimate of drug-likeness (QED) is 0.840. The van der Waals surface area contributed by atoms with Gasteiger partial charge in [-0.05, 0) is 32.0 Å². The Morgan fingerprint density at radius 2 is 2.24 bits per heavy atom. The minimum Gasteiger partial charge on any atom is -0.481 e. The summed E-state index contributed by atoms with van der Waals surface area (Å²) < 4.78 is 12.9. The average molecular weight is 236 g/mol. The Labute approximate surface area is 98.7 Å². The lowest BCUT2D eigenvalue weighted by Gasteiger charge is -2.20. The van der Waals surface area contributed by atoms with Crippen LogP contribution in [-0.2, 0) is 4.79 Å². The highest BCUT2D eigenvalue weighted by atomic mass is 19.1. The second kappa shape index (κ2) is 4.83. The number of carbonyl (C=O) groups is 1. The highest BCUT2D eigenvalue weighted by Gasteiger charge is 2.26. The molecule has 0 aliphatic heterocycles. The molecular weight excluding hydrogens is 223 g/mol. The summed E-state index contributed by atoms with van der Waals surface area (Å²) in [5, 5.41) is 20.6. The molecule has 4 nitrogen and oxygen atoms in total. The van der Waals surface area contributed by atoms with E-state index in [9.17, 15) is 9.18 Å². The standard InChI is InChI=1S/C12H13FN2O2/c1-12(2,11(16)17)7-15-10-4-3-9(13)5-8(10)6-14/h3-5,15H,7H2,1-2H3,(H,16,17). The van der Waals surface area contributed by atoms with Crippen molar-refractivity contribution < 1.29 is 14.3 Å². The number of hydrogen-bond donors (Lipinski definition) is 2. The number of hydrogen-bond acceptors (Lipinski definition) is 3. The van der Waals surface area contributed by atoms with Crippen molar-refractivity contribution in [3.63, 3.8) is 0 Å². The third kappa shape index (κ3) is 3.18. The van der Waals surface area contributed by atoms with E-state index in [1.54, 1.807) is 13.8 Å². The first-order valence-electron chi connectivity index (χ1n) is 5.04. The maximum absolute atomic E-state index is 12.9. The molecule has 0 unspecified atom stereocenters. The van der Waals surface area contributed by atoms with Crippen LogP contribution in [0.1, 0.15) is 19.4 Å². The molecule has 0 atom stereocenters. The monoisotopic (exact) mass is 236 g/mol. The molecule has 0 aliphatic carbocycles. The zero-order valence-electron chi connectivity index (χ0n) is 9.62. The SMILES string of the molecule is CC(C)(CNc1ccc(F)cc1C#N)C(=O)O. The van der Waals surface area contributed by atoms with Crippen molar-refractivity contribution in [1.82, 2.24) is 0 Å². The van der Waals surface area contributed by atoms with Crippen LogP contribution in [0, 0.1) is 22.6 Å². The number of nitrogens with one attached hydrogen (secondary N) is 1. The second-order valence-electron chi connectivity index (χ2n) is 4.34. The fourth-order valence-corrected chi connectivity index (χ4v) is 1.15. The highest BCUT2D eigenvalue weighted by molar-refractivity contribution is 5.74. The van der Waals surface area contributed by atoms with Crippen molar-refractivity contribution in [2.75, 3.05) is 11.9 Å². The normalized spacial score (nSPS) is 10.7. The summed E-state index contributed by atoms with van der Waals surface area (Å²) in [4.78, 5) is 10.9. The number of carboxylic acids is 1. The van der Waals surface area contributed by atoms with Crippen LogP contribution in [0.2, 0.25) is 0 Å². The number of anilines is 1. The maximum atomic E-state index is 12.9. The predicted molar refractivity (Wildman–Crippen MR) is 61.0 cm³/mol. The first kappa shape index (κ1) is 13.0. The van der Waals surface area contributed by atoms with Crippen LogP contribution in [0.3, 0.4) is 0 Å². The molecule has 0 aliphatic rings. The number of nitrogens with zero attached hydrogens (tertiary/aromatic N) is 1. The fourth-order valence-electron chi connectivity index (χ4n) is 1.15. The number of rotatable bonds is 4. The van der Waals surface area contributed by atoms with Crippen LogP contribution < -0.4 is 5.32 Å². The summed E-state index contributed by atoms with van der Waals surface area (Å²) in [7, 11) is 0. The molecule has 0 bridgehead atoms. The number of aliphatic carboxylic acids is 1. The molecule has 17 heavy (non-hydrogen) atoms. The van der Waals surface area contributed by atoms with Gasteiger partial charge in [0, 0.05) is 6.54 Å². The zero-order valence-corrected chi connectivity index (χ0v) is 9.62.